The molecule has 0 amide bonds. The first kappa shape index (κ1) is 21.9. The zero-order chi connectivity index (χ0) is 26.2. The number of fused-ring (bicyclic) bond motifs is 6. The molecule has 6 aromatic rings. The van der Waals surface area contributed by atoms with Gasteiger partial charge >= 0.3 is 0 Å². The predicted octanol–water partition coefficient (Wildman–Crippen LogP) is 10.0. The SMILES string of the molecule is Clc1cc(-c2ccc3c(c2)C2(c4ccccc4-3)C3CC4CC3CC42)cc(-n2c3ccccc3c3ccccc32)c1. The van der Waals surface area contributed by atoms with Crippen molar-refractivity contribution in [2.24, 2.45) is 23.7 Å². The largest absolute Gasteiger partial charge is 0.309 e. The molecule has 0 radical (unpaired) electrons. The lowest BCUT2D eigenvalue weighted by Gasteiger charge is -2.36. The molecule has 0 saturated heterocycles. The lowest BCUT2D eigenvalue weighted by molar-refractivity contribution is 0.307. The lowest BCUT2D eigenvalue weighted by atomic mass is 9.66. The first-order chi connectivity index (χ1) is 19.7. The minimum atomic E-state index is 0.212. The van der Waals surface area contributed by atoms with E-state index in [0.717, 1.165) is 34.4 Å². The molecule has 1 nitrogen and oxygen atoms in total. The van der Waals surface area contributed by atoms with Gasteiger partial charge in [0.15, 0.2) is 0 Å². The smallest absolute Gasteiger partial charge is 0.0541 e. The van der Waals surface area contributed by atoms with Crippen LogP contribution in [0.3, 0.4) is 0 Å². The van der Waals surface area contributed by atoms with Crippen LogP contribution in [0, 0.1) is 23.7 Å². The molecule has 4 saturated carbocycles. The molecule has 11 rings (SSSR count). The molecular formula is C38H28ClN. The average molecular weight is 534 g/mol. The Kier molecular flexibility index (Phi) is 4.10. The summed E-state index contributed by atoms with van der Waals surface area (Å²) in [5, 5.41) is 3.31. The van der Waals surface area contributed by atoms with Crippen LogP contribution >= 0.6 is 11.6 Å². The fourth-order valence-corrected chi connectivity index (χ4v) is 10.3. The maximum atomic E-state index is 6.90. The number of nitrogens with zero attached hydrogens (tertiary/aromatic N) is 1. The van der Waals surface area contributed by atoms with E-state index in [9.17, 15) is 0 Å². The van der Waals surface area contributed by atoms with Gasteiger partial charge in [0.1, 0.15) is 0 Å². The molecule has 4 atom stereocenters. The first-order valence-electron chi connectivity index (χ1n) is 14.8. The van der Waals surface area contributed by atoms with Crippen molar-refractivity contribution in [1.29, 1.82) is 0 Å². The molecule has 5 aromatic carbocycles. The summed E-state index contributed by atoms with van der Waals surface area (Å²) in [4.78, 5) is 0. The summed E-state index contributed by atoms with van der Waals surface area (Å²) in [5.41, 5.74) is 12.3. The molecule has 1 aromatic heterocycles. The Balaban J connectivity index is 1.19. The number of rotatable bonds is 2. The molecule has 5 aliphatic rings. The zero-order valence-corrected chi connectivity index (χ0v) is 22.9. The van der Waals surface area contributed by atoms with Crippen molar-refractivity contribution >= 4 is 33.4 Å². The van der Waals surface area contributed by atoms with Crippen LogP contribution in [0.1, 0.15) is 30.4 Å². The normalized spacial score (nSPS) is 26.9. The Labute approximate surface area is 239 Å². The van der Waals surface area contributed by atoms with E-state index >= 15 is 0 Å². The van der Waals surface area contributed by atoms with Crippen molar-refractivity contribution in [3.05, 3.63) is 125 Å². The van der Waals surface area contributed by atoms with Crippen molar-refractivity contribution in [2.75, 3.05) is 0 Å². The van der Waals surface area contributed by atoms with Gasteiger partial charge in [0, 0.05) is 26.9 Å². The molecule has 0 N–H and O–H groups in total. The van der Waals surface area contributed by atoms with Gasteiger partial charge in [-0.2, -0.15) is 0 Å². The molecule has 1 heterocycles. The molecule has 4 fully saturated rings. The number of aromatic nitrogens is 1. The van der Waals surface area contributed by atoms with Gasteiger partial charge < -0.3 is 4.57 Å². The summed E-state index contributed by atoms with van der Waals surface area (Å²) in [7, 11) is 0. The molecule has 2 heteroatoms. The summed E-state index contributed by atoms with van der Waals surface area (Å²) < 4.78 is 2.37. The van der Waals surface area contributed by atoms with E-state index in [4.69, 9.17) is 11.6 Å². The van der Waals surface area contributed by atoms with Crippen molar-refractivity contribution in [3.63, 3.8) is 0 Å². The van der Waals surface area contributed by atoms with E-state index in [2.05, 4.69) is 114 Å². The molecule has 4 unspecified atom stereocenters. The van der Waals surface area contributed by atoms with E-state index in [1.165, 1.54) is 63.3 Å². The minimum Gasteiger partial charge on any atom is -0.309 e. The second-order valence-corrected chi connectivity index (χ2v) is 13.1. The highest BCUT2D eigenvalue weighted by Gasteiger charge is 2.70. The second kappa shape index (κ2) is 7.47. The van der Waals surface area contributed by atoms with Gasteiger partial charge in [-0.3, -0.25) is 0 Å². The fourth-order valence-electron chi connectivity index (χ4n) is 10.1. The highest BCUT2D eigenvalue weighted by atomic mass is 35.5. The highest BCUT2D eigenvalue weighted by molar-refractivity contribution is 6.31. The second-order valence-electron chi connectivity index (χ2n) is 12.7. The summed E-state index contributed by atoms with van der Waals surface area (Å²) in [6.07, 6.45) is 4.30. The van der Waals surface area contributed by atoms with Crippen LogP contribution in [-0.4, -0.2) is 4.57 Å². The fraction of sp³-hybridized carbons (Fsp3) is 0.211. The van der Waals surface area contributed by atoms with E-state index in [1.807, 2.05) is 0 Å². The molecular weight excluding hydrogens is 506 g/mol. The topological polar surface area (TPSA) is 4.93 Å². The maximum Gasteiger partial charge on any atom is 0.0541 e. The zero-order valence-electron chi connectivity index (χ0n) is 22.1. The Bertz CT molecular complexity index is 1980. The van der Waals surface area contributed by atoms with Crippen molar-refractivity contribution < 1.29 is 0 Å². The standard InChI is InChI=1S/C38H28ClN/c39-26-16-23(17-27(21-26)40-36-11-5-2-8-30(36)31-9-3-6-12-37(31)40)22-13-14-29-28-7-1-4-10-32(28)38(35(29)18-22)33-19-24-15-25(33)20-34(24)38/h1-14,16-18,21,24-25,33-34H,15,19-20H2. The highest BCUT2D eigenvalue weighted by Crippen LogP contribution is 2.76. The van der Waals surface area contributed by atoms with Gasteiger partial charge in [0.2, 0.25) is 0 Å². The van der Waals surface area contributed by atoms with Gasteiger partial charge in [-0.25, -0.2) is 0 Å². The van der Waals surface area contributed by atoms with Gasteiger partial charge in [-0.1, -0.05) is 84.4 Å². The Morgan fingerprint density at radius 1 is 0.575 bits per heavy atom. The van der Waals surface area contributed by atoms with Crippen LogP contribution in [0.25, 0.3) is 49.7 Å². The number of hydrogen-bond acceptors (Lipinski definition) is 0. The molecule has 0 aliphatic heterocycles. The van der Waals surface area contributed by atoms with Gasteiger partial charge in [-0.15, -0.1) is 0 Å². The van der Waals surface area contributed by atoms with Gasteiger partial charge in [0.05, 0.1) is 11.0 Å². The monoisotopic (exact) mass is 533 g/mol. The van der Waals surface area contributed by atoms with Crippen LogP contribution in [0.2, 0.25) is 5.02 Å². The number of halogens is 1. The molecule has 4 bridgehead atoms. The summed E-state index contributed by atoms with van der Waals surface area (Å²) >= 11 is 6.90. The first-order valence-corrected chi connectivity index (χ1v) is 15.1. The van der Waals surface area contributed by atoms with Crippen LogP contribution in [-0.2, 0) is 5.41 Å². The van der Waals surface area contributed by atoms with E-state index in [-0.39, 0.29) is 5.41 Å². The number of benzene rings is 5. The molecule has 5 aliphatic carbocycles. The van der Waals surface area contributed by atoms with Crippen molar-refractivity contribution in [1.82, 2.24) is 4.57 Å². The average Bonchev–Trinajstić information content (AvgIpc) is 3.82. The maximum absolute atomic E-state index is 6.90. The quantitative estimate of drug-likeness (QED) is 0.208. The van der Waals surface area contributed by atoms with Gasteiger partial charge in [-0.05, 0) is 113 Å². The Morgan fingerprint density at radius 2 is 1.23 bits per heavy atom. The number of para-hydroxylation sites is 2. The molecule has 1 spiro atoms. The Hall–Kier alpha value is -3.81. The predicted molar refractivity (Wildman–Crippen MR) is 165 cm³/mol. The van der Waals surface area contributed by atoms with Crippen LogP contribution < -0.4 is 0 Å². The van der Waals surface area contributed by atoms with Crippen molar-refractivity contribution in [3.8, 4) is 27.9 Å². The van der Waals surface area contributed by atoms with E-state index in [1.54, 1.807) is 11.1 Å². The minimum absolute atomic E-state index is 0.212. The Morgan fingerprint density at radius 3 is 1.95 bits per heavy atom. The van der Waals surface area contributed by atoms with Gasteiger partial charge in [0.25, 0.3) is 0 Å². The van der Waals surface area contributed by atoms with Crippen LogP contribution in [0.4, 0.5) is 0 Å². The summed E-state index contributed by atoms with van der Waals surface area (Å²) in [5.74, 6) is 3.41. The summed E-state index contributed by atoms with van der Waals surface area (Å²) in [6, 6.07) is 40.6. The molecule has 192 valence electrons. The lowest BCUT2D eigenvalue weighted by Crippen LogP contribution is -2.34. The number of hydrogen-bond donors (Lipinski definition) is 0. The third kappa shape index (κ3) is 2.52. The van der Waals surface area contributed by atoms with E-state index < -0.39 is 0 Å². The van der Waals surface area contributed by atoms with Crippen molar-refractivity contribution in [2.45, 2.75) is 24.7 Å². The van der Waals surface area contributed by atoms with Crippen LogP contribution in [0.15, 0.2) is 109 Å². The third-order valence-corrected chi connectivity index (χ3v) is 11.4. The van der Waals surface area contributed by atoms with E-state index in [0.29, 0.717) is 0 Å². The molecule has 40 heavy (non-hydrogen) atoms. The third-order valence-electron chi connectivity index (χ3n) is 11.2. The van der Waals surface area contributed by atoms with Crippen LogP contribution in [0.5, 0.6) is 0 Å². The summed E-state index contributed by atoms with van der Waals surface area (Å²) in [6.45, 7) is 0.